The molecule has 0 saturated heterocycles. The molecule has 1 aromatic carbocycles. The quantitative estimate of drug-likeness (QED) is 0.777. The van der Waals surface area contributed by atoms with Crippen LogP contribution in [-0.4, -0.2) is 9.55 Å². The third-order valence-corrected chi connectivity index (χ3v) is 4.07. The molecule has 0 radical (unpaired) electrons. The van der Waals surface area contributed by atoms with Crippen LogP contribution in [0.4, 0.5) is 5.00 Å². The van der Waals surface area contributed by atoms with Crippen molar-refractivity contribution in [2.45, 2.75) is 19.9 Å². The lowest BCUT2D eigenvalue weighted by atomic mass is 10.3. The van der Waals surface area contributed by atoms with Gasteiger partial charge in [0, 0.05) is 11.6 Å². The molecule has 98 valence electrons. The molecule has 0 spiro atoms. The largest absolute Gasteiger partial charge is 0.390 e. The zero-order valence-corrected chi connectivity index (χ0v) is 12.1. The van der Waals surface area contributed by atoms with Crippen LogP contribution in [0.1, 0.15) is 13.3 Å². The van der Waals surface area contributed by atoms with Crippen LogP contribution < -0.4 is 5.73 Å². The molecular weight excluding hydrogens is 278 g/mol. The number of benzene rings is 1. The van der Waals surface area contributed by atoms with Gasteiger partial charge in [-0.1, -0.05) is 18.5 Å². The normalized spacial score (nSPS) is 11.3. The fraction of sp³-hybridized carbons (Fsp3) is 0.214. The van der Waals surface area contributed by atoms with Crippen LogP contribution in [-0.2, 0) is 6.54 Å². The van der Waals surface area contributed by atoms with E-state index < -0.39 is 0 Å². The third kappa shape index (κ3) is 2.11. The number of aryl methyl sites for hydroxylation is 1. The van der Waals surface area contributed by atoms with Gasteiger partial charge in [0.25, 0.3) is 0 Å². The second-order valence-corrected chi connectivity index (χ2v) is 5.80. The summed E-state index contributed by atoms with van der Waals surface area (Å²) >= 11 is 7.63. The molecule has 2 aromatic heterocycles. The Labute approximate surface area is 120 Å². The maximum atomic E-state index is 6.09. The Morgan fingerprint density at radius 2 is 2.21 bits per heavy atom. The molecule has 3 nitrogen and oxygen atoms in total. The van der Waals surface area contributed by atoms with Crippen molar-refractivity contribution in [1.82, 2.24) is 9.55 Å². The molecule has 0 amide bonds. The molecule has 5 heteroatoms. The molecular formula is C14H14ClN3S. The highest BCUT2D eigenvalue weighted by Gasteiger charge is 2.15. The monoisotopic (exact) mass is 291 g/mol. The lowest BCUT2D eigenvalue weighted by Gasteiger charge is -2.07. The summed E-state index contributed by atoms with van der Waals surface area (Å²) in [7, 11) is 0. The highest BCUT2D eigenvalue weighted by molar-refractivity contribution is 7.14. The van der Waals surface area contributed by atoms with Gasteiger partial charge in [0.1, 0.15) is 5.82 Å². The van der Waals surface area contributed by atoms with E-state index in [1.807, 2.05) is 29.6 Å². The lowest BCUT2D eigenvalue weighted by molar-refractivity contribution is 0.704. The van der Waals surface area contributed by atoms with Crippen LogP contribution in [0.25, 0.3) is 22.4 Å². The Kier molecular flexibility index (Phi) is 3.21. The molecule has 0 aliphatic rings. The van der Waals surface area contributed by atoms with E-state index in [0.29, 0.717) is 0 Å². The van der Waals surface area contributed by atoms with Crippen LogP contribution in [0, 0.1) is 0 Å². The van der Waals surface area contributed by atoms with Crippen molar-refractivity contribution >= 4 is 39.0 Å². The molecule has 0 unspecified atom stereocenters. The highest BCUT2D eigenvalue weighted by Crippen LogP contribution is 2.33. The zero-order chi connectivity index (χ0) is 13.4. The number of hydrogen-bond donors (Lipinski definition) is 1. The molecule has 0 aliphatic carbocycles. The summed E-state index contributed by atoms with van der Waals surface area (Å²) in [5, 5.41) is 3.53. The summed E-state index contributed by atoms with van der Waals surface area (Å²) in [6, 6.07) is 7.81. The van der Waals surface area contributed by atoms with Crippen molar-refractivity contribution in [1.29, 1.82) is 0 Å². The maximum Gasteiger partial charge on any atom is 0.144 e. The summed E-state index contributed by atoms with van der Waals surface area (Å²) < 4.78 is 2.19. The average Bonchev–Trinajstić information content (AvgIpc) is 2.94. The maximum absolute atomic E-state index is 6.09. The Bertz CT molecular complexity index is 729. The van der Waals surface area contributed by atoms with Crippen LogP contribution in [0.15, 0.2) is 29.6 Å². The van der Waals surface area contributed by atoms with Crippen molar-refractivity contribution in [3.63, 3.8) is 0 Å². The van der Waals surface area contributed by atoms with Gasteiger partial charge in [-0.2, -0.15) is 0 Å². The summed E-state index contributed by atoms with van der Waals surface area (Å²) in [6.07, 6.45) is 1.04. The second-order valence-electron chi connectivity index (χ2n) is 4.42. The molecule has 3 rings (SSSR count). The van der Waals surface area contributed by atoms with Crippen molar-refractivity contribution in [2.24, 2.45) is 0 Å². The SMILES string of the molecule is CCCn1c(-c2ccsc2N)nc2ccc(Cl)cc21. The van der Waals surface area contributed by atoms with Gasteiger partial charge in [0.15, 0.2) is 0 Å². The van der Waals surface area contributed by atoms with Crippen LogP contribution in [0.5, 0.6) is 0 Å². The number of halogens is 1. The predicted molar refractivity (Wildman–Crippen MR) is 82.8 cm³/mol. The zero-order valence-electron chi connectivity index (χ0n) is 10.6. The van der Waals surface area contributed by atoms with Crippen LogP contribution >= 0.6 is 22.9 Å². The van der Waals surface area contributed by atoms with Gasteiger partial charge in [0.05, 0.1) is 21.6 Å². The molecule has 0 aliphatic heterocycles. The van der Waals surface area contributed by atoms with Crippen molar-refractivity contribution in [3.05, 3.63) is 34.7 Å². The minimum atomic E-state index is 0.731. The Balaban J connectivity index is 2.29. The van der Waals surface area contributed by atoms with Gasteiger partial charge in [-0.3, -0.25) is 0 Å². The highest BCUT2D eigenvalue weighted by atomic mass is 35.5. The first-order valence-corrected chi connectivity index (χ1v) is 7.45. The number of thiophene rings is 1. The van der Waals surface area contributed by atoms with E-state index >= 15 is 0 Å². The number of imidazole rings is 1. The Morgan fingerprint density at radius 3 is 2.89 bits per heavy atom. The first-order chi connectivity index (χ1) is 9.20. The number of nitrogens with zero attached hydrogens (tertiary/aromatic N) is 2. The summed E-state index contributed by atoms with van der Waals surface area (Å²) in [5.74, 6) is 0.929. The molecule has 2 heterocycles. The van der Waals surface area contributed by atoms with Gasteiger partial charge < -0.3 is 10.3 Å². The second kappa shape index (κ2) is 4.87. The summed E-state index contributed by atoms with van der Waals surface area (Å²) in [5.41, 5.74) is 9.06. The van der Waals surface area contributed by atoms with Gasteiger partial charge >= 0.3 is 0 Å². The van der Waals surface area contributed by atoms with E-state index in [0.717, 1.165) is 45.4 Å². The molecule has 2 N–H and O–H groups in total. The molecule has 19 heavy (non-hydrogen) atoms. The predicted octanol–water partition coefficient (Wildman–Crippen LogP) is 4.41. The van der Waals surface area contributed by atoms with Crippen molar-refractivity contribution < 1.29 is 0 Å². The van der Waals surface area contributed by atoms with E-state index in [2.05, 4.69) is 11.5 Å². The van der Waals surface area contributed by atoms with E-state index in [1.165, 1.54) is 11.3 Å². The summed E-state index contributed by atoms with van der Waals surface area (Å²) in [4.78, 5) is 4.71. The van der Waals surface area contributed by atoms with E-state index in [9.17, 15) is 0 Å². The number of aromatic nitrogens is 2. The van der Waals surface area contributed by atoms with Crippen LogP contribution in [0.3, 0.4) is 0 Å². The molecule has 0 fully saturated rings. The van der Waals surface area contributed by atoms with Crippen LogP contribution in [0.2, 0.25) is 5.02 Å². The van der Waals surface area contributed by atoms with E-state index in [4.69, 9.17) is 22.3 Å². The third-order valence-electron chi connectivity index (χ3n) is 3.09. The molecule has 3 aromatic rings. The van der Waals surface area contributed by atoms with Crippen molar-refractivity contribution in [2.75, 3.05) is 5.73 Å². The molecule has 0 saturated carbocycles. The van der Waals surface area contributed by atoms with E-state index in [-0.39, 0.29) is 0 Å². The first kappa shape index (κ1) is 12.5. The fourth-order valence-electron chi connectivity index (χ4n) is 2.26. The first-order valence-electron chi connectivity index (χ1n) is 6.20. The summed E-state index contributed by atoms with van der Waals surface area (Å²) in [6.45, 7) is 3.05. The number of nitrogens with two attached hydrogens (primary N) is 1. The minimum absolute atomic E-state index is 0.731. The Morgan fingerprint density at radius 1 is 1.37 bits per heavy atom. The van der Waals surface area contributed by atoms with Crippen molar-refractivity contribution in [3.8, 4) is 11.4 Å². The van der Waals surface area contributed by atoms with Gasteiger partial charge in [-0.05, 0) is 36.1 Å². The smallest absolute Gasteiger partial charge is 0.144 e. The number of fused-ring (bicyclic) bond motifs is 1. The molecule has 0 atom stereocenters. The number of hydrogen-bond acceptors (Lipinski definition) is 3. The Hall–Kier alpha value is -1.52. The van der Waals surface area contributed by atoms with Gasteiger partial charge in [-0.15, -0.1) is 11.3 Å². The number of anilines is 1. The van der Waals surface area contributed by atoms with Gasteiger partial charge in [-0.25, -0.2) is 4.98 Å². The average molecular weight is 292 g/mol. The van der Waals surface area contributed by atoms with E-state index in [1.54, 1.807) is 0 Å². The lowest BCUT2D eigenvalue weighted by Crippen LogP contribution is -2.00. The topological polar surface area (TPSA) is 43.8 Å². The standard InChI is InChI=1S/C14H14ClN3S/c1-2-6-18-12-8-9(15)3-4-11(12)17-14(18)10-5-7-19-13(10)16/h3-5,7-8H,2,6,16H2,1H3. The minimum Gasteiger partial charge on any atom is -0.390 e. The molecule has 0 bridgehead atoms. The number of nitrogen functional groups attached to an aromatic ring is 1. The fourth-order valence-corrected chi connectivity index (χ4v) is 3.06. The number of rotatable bonds is 3. The van der Waals surface area contributed by atoms with Gasteiger partial charge in [0.2, 0.25) is 0 Å².